The van der Waals surface area contributed by atoms with Gasteiger partial charge in [-0.1, -0.05) is 18.2 Å². The van der Waals surface area contributed by atoms with Gasteiger partial charge in [-0.15, -0.1) is 0 Å². The fraction of sp³-hybridized carbons (Fsp3) is 0.278. The van der Waals surface area contributed by atoms with Crippen LogP contribution in [0, 0.1) is 0 Å². The van der Waals surface area contributed by atoms with Gasteiger partial charge in [-0.25, -0.2) is 9.97 Å². The third-order valence-electron chi connectivity index (χ3n) is 4.23. The first-order chi connectivity index (χ1) is 11.8. The number of fused-ring (bicyclic) bond motifs is 1. The summed E-state index contributed by atoms with van der Waals surface area (Å²) < 4.78 is 5.47. The second kappa shape index (κ2) is 6.41. The zero-order valence-electron chi connectivity index (χ0n) is 13.6. The predicted octanol–water partition coefficient (Wildman–Crippen LogP) is 2.11. The molecule has 6 heteroatoms. The molecule has 0 aliphatic carbocycles. The fourth-order valence-electron chi connectivity index (χ4n) is 2.94. The summed E-state index contributed by atoms with van der Waals surface area (Å²) in [6.07, 6.45) is 3.59. The van der Waals surface area contributed by atoms with Crippen molar-refractivity contribution >= 4 is 16.9 Å². The quantitative estimate of drug-likeness (QED) is 0.797. The van der Waals surface area contributed by atoms with Crippen molar-refractivity contribution in [2.75, 3.05) is 38.2 Å². The van der Waals surface area contributed by atoms with Gasteiger partial charge in [0.25, 0.3) is 0 Å². The highest BCUT2D eigenvalue weighted by molar-refractivity contribution is 5.83. The monoisotopic (exact) mass is 321 g/mol. The number of benzene rings is 1. The van der Waals surface area contributed by atoms with E-state index in [9.17, 15) is 0 Å². The number of pyridine rings is 1. The van der Waals surface area contributed by atoms with Crippen molar-refractivity contribution in [1.82, 2.24) is 20.3 Å². The Balaban J connectivity index is 1.78. The molecule has 1 saturated heterocycles. The first-order valence-corrected chi connectivity index (χ1v) is 8.07. The lowest BCUT2D eigenvalue weighted by Crippen LogP contribution is -2.44. The van der Waals surface area contributed by atoms with E-state index in [-0.39, 0.29) is 0 Å². The first-order valence-electron chi connectivity index (χ1n) is 8.07. The molecule has 0 saturated carbocycles. The molecule has 3 aromatic rings. The van der Waals surface area contributed by atoms with E-state index >= 15 is 0 Å². The van der Waals surface area contributed by atoms with E-state index in [1.165, 1.54) is 0 Å². The zero-order chi connectivity index (χ0) is 16.4. The van der Waals surface area contributed by atoms with Gasteiger partial charge in [0, 0.05) is 43.3 Å². The van der Waals surface area contributed by atoms with E-state index in [4.69, 9.17) is 9.72 Å². The summed E-state index contributed by atoms with van der Waals surface area (Å²) in [6, 6.07) is 10.1. The van der Waals surface area contributed by atoms with Gasteiger partial charge in [0.15, 0.2) is 5.75 Å². The molecular weight excluding hydrogens is 302 g/mol. The molecule has 0 atom stereocenters. The molecule has 122 valence electrons. The Morgan fingerprint density at radius 1 is 1.08 bits per heavy atom. The highest BCUT2D eigenvalue weighted by Crippen LogP contribution is 2.30. The van der Waals surface area contributed by atoms with Gasteiger partial charge in [0.05, 0.1) is 18.8 Å². The molecule has 1 aliphatic heterocycles. The minimum absolute atomic E-state index is 0.658. The van der Waals surface area contributed by atoms with E-state index in [1.807, 2.05) is 24.4 Å². The molecule has 1 aromatic carbocycles. The number of rotatable bonds is 3. The summed E-state index contributed by atoms with van der Waals surface area (Å²) in [5.41, 5.74) is 2.68. The Morgan fingerprint density at radius 3 is 2.75 bits per heavy atom. The lowest BCUT2D eigenvalue weighted by atomic mass is 10.1. The normalized spacial score (nSPS) is 14.8. The summed E-state index contributed by atoms with van der Waals surface area (Å²) in [5.74, 6) is 1.39. The standard InChI is InChI=1S/C18H19N5O/c1-24-16-12-21-18(23-8-6-19-7-9-23)22-17(16)14-10-13-4-2-3-5-15(13)20-11-14/h2-5,10-12,19H,6-9H2,1H3. The van der Waals surface area contributed by atoms with Gasteiger partial charge < -0.3 is 15.0 Å². The van der Waals surface area contributed by atoms with E-state index in [0.29, 0.717) is 5.75 Å². The number of piperazine rings is 1. The molecule has 1 fully saturated rings. The maximum absolute atomic E-state index is 5.47. The second-order valence-corrected chi connectivity index (χ2v) is 5.74. The number of hydrogen-bond donors (Lipinski definition) is 1. The van der Waals surface area contributed by atoms with Crippen LogP contribution in [0.1, 0.15) is 0 Å². The maximum Gasteiger partial charge on any atom is 0.226 e. The summed E-state index contributed by atoms with van der Waals surface area (Å²) in [5, 5.41) is 4.42. The van der Waals surface area contributed by atoms with Crippen molar-refractivity contribution < 1.29 is 4.74 Å². The number of ether oxygens (including phenoxy) is 1. The lowest BCUT2D eigenvalue weighted by Gasteiger charge is -2.27. The van der Waals surface area contributed by atoms with Crippen LogP contribution in [-0.2, 0) is 0 Å². The smallest absolute Gasteiger partial charge is 0.226 e. The third-order valence-corrected chi connectivity index (χ3v) is 4.23. The van der Waals surface area contributed by atoms with Crippen molar-refractivity contribution in [1.29, 1.82) is 0 Å². The van der Waals surface area contributed by atoms with Crippen molar-refractivity contribution in [3.8, 4) is 17.0 Å². The van der Waals surface area contributed by atoms with Crippen LogP contribution in [0.15, 0.2) is 42.7 Å². The average molecular weight is 321 g/mol. The largest absolute Gasteiger partial charge is 0.493 e. The van der Waals surface area contributed by atoms with Crippen molar-refractivity contribution in [3.05, 3.63) is 42.7 Å². The Hall–Kier alpha value is -2.73. The van der Waals surface area contributed by atoms with E-state index in [0.717, 1.165) is 54.3 Å². The van der Waals surface area contributed by atoms with Crippen LogP contribution >= 0.6 is 0 Å². The van der Waals surface area contributed by atoms with Gasteiger partial charge in [-0.2, -0.15) is 0 Å². The molecule has 0 bridgehead atoms. The van der Waals surface area contributed by atoms with Gasteiger partial charge in [-0.05, 0) is 12.1 Å². The lowest BCUT2D eigenvalue weighted by molar-refractivity contribution is 0.412. The summed E-state index contributed by atoms with van der Waals surface area (Å²) in [7, 11) is 1.64. The Morgan fingerprint density at radius 2 is 1.92 bits per heavy atom. The second-order valence-electron chi connectivity index (χ2n) is 5.74. The third kappa shape index (κ3) is 2.76. The number of aromatic nitrogens is 3. The molecule has 24 heavy (non-hydrogen) atoms. The summed E-state index contributed by atoms with van der Waals surface area (Å²) in [4.78, 5) is 16.0. The topological polar surface area (TPSA) is 63.2 Å². The van der Waals surface area contributed by atoms with Crippen LogP contribution in [0.5, 0.6) is 5.75 Å². The molecule has 6 nitrogen and oxygen atoms in total. The molecule has 3 heterocycles. The number of nitrogens with one attached hydrogen (secondary N) is 1. The molecule has 0 unspecified atom stereocenters. The molecular formula is C18H19N5O. The zero-order valence-corrected chi connectivity index (χ0v) is 13.6. The number of nitrogens with zero attached hydrogens (tertiary/aromatic N) is 4. The maximum atomic E-state index is 5.47. The number of hydrogen-bond acceptors (Lipinski definition) is 6. The molecule has 2 aromatic heterocycles. The van der Waals surface area contributed by atoms with Crippen LogP contribution in [0.2, 0.25) is 0 Å². The summed E-state index contributed by atoms with van der Waals surface area (Å²) in [6.45, 7) is 3.70. The van der Waals surface area contributed by atoms with Gasteiger partial charge in [0.2, 0.25) is 5.95 Å². The number of anilines is 1. The molecule has 4 rings (SSSR count). The van der Waals surface area contributed by atoms with Crippen LogP contribution in [0.3, 0.4) is 0 Å². The summed E-state index contributed by atoms with van der Waals surface area (Å²) >= 11 is 0. The van der Waals surface area contributed by atoms with Gasteiger partial charge >= 0.3 is 0 Å². The predicted molar refractivity (Wildman–Crippen MR) is 94.4 cm³/mol. The van der Waals surface area contributed by atoms with Crippen LogP contribution in [0.25, 0.3) is 22.2 Å². The average Bonchev–Trinajstić information content (AvgIpc) is 2.68. The Bertz CT molecular complexity index is 861. The van der Waals surface area contributed by atoms with E-state index in [2.05, 4.69) is 32.3 Å². The highest BCUT2D eigenvalue weighted by atomic mass is 16.5. The van der Waals surface area contributed by atoms with E-state index < -0.39 is 0 Å². The molecule has 0 radical (unpaired) electrons. The SMILES string of the molecule is COc1cnc(N2CCNCC2)nc1-c1cnc2ccccc2c1. The molecule has 1 aliphatic rings. The number of para-hydroxylation sites is 1. The first kappa shape index (κ1) is 14.8. The van der Waals surface area contributed by atoms with Crippen LogP contribution in [0.4, 0.5) is 5.95 Å². The van der Waals surface area contributed by atoms with Crippen LogP contribution < -0.4 is 15.0 Å². The highest BCUT2D eigenvalue weighted by Gasteiger charge is 2.17. The molecule has 0 amide bonds. The Labute approximate surface area is 140 Å². The number of methoxy groups -OCH3 is 1. The van der Waals surface area contributed by atoms with Crippen LogP contribution in [-0.4, -0.2) is 48.2 Å². The molecule has 1 N–H and O–H groups in total. The van der Waals surface area contributed by atoms with Crippen molar-refractivity contribution in [3.63, 3.8) is 0 Å². The van der Waals surface area contributed by atoms with Gasteiger partial charge in [-0.3, -0.25) is 4.98 Å². The van der Waals surface area contributed by atoms with E-state index in [1.54, 1.807) is 13.3 Å². The Kier molecular flexibility index (Phi) is 3.96. The fourth-order valence-corrected chi connectivity index (χ4v) is 2.94. The minimum atomic E-state index is 0.658. The molecule has 0 spiro atoms. The van der Waals surface area contributed by atoms with Crippen molar-refractivity contribution in [2.45, 2.75) is 0 Å². The van der Waals surface area contributed by atoms with Crippen molar-refractivity contribution in [2.24, 2.45) is 0 Å². The van der Waals surface area contributed by atoms with Gasteiger partial charge in [0.1, 0.15) is 5.69 Å². The minimum Gasteiger partial charge on any atom is -0.493 e.